The molecule has 6 heteroatoms. The smallest absolute Gasteiger partial charge is 0.246 e. The second-order valence-corrected chi connectivity index (χ2v) is 7.07. The van der Waals surface area contributed by atoms with Crippen LogP contribution in [-0.4, -0.2) is 43.3 Å². The molecule has 0 spiro atoms. The maximum atomic E-state index is 11.7. The molecule has 0 saturated heterocycles. The first-order chi connectivity index (χ1) is 13.0. The lowest BCUT2D eigenvalue weighted by Crippen LogP contribution is -2.31. The Bertz CT molecular complexity index is 792. The van der Waals surface area contributed by atoms with Crippen LogP contribution in [0.5, 0.6) is 17.2 Å². The van der Waals surface area contributed by atoms with Crippen molar-refractivity contribution in [3.63, 3.8) is 0 Å². The Morgan fingerprint density at radius 3 is 2.70 bits per heavy atom. The van der Waals surface area contributed by atoms with E-state index in [-0.39, 0.29) is 11.8 Å². The number of nitrogens with one attached hydrogen (secondary N) is 1. The number of hydrogen-bond donors (Lipinski definition) is 2. The normalized spacial score (nSPS) is 15.9. The summed E-state index contributed by atoms with van der Waals surface area (Å²) in [6.07, 6.45) is 2.17. The van der Waals surface area contributed by atoms with Crippen molar-refractivity contribution in [3.05, 3.63) is 53.6 Å². The first-order valence-electron chi connectivity index (χ1n) is 9.16. The number of carbonyl (C=O) groups is 1. The molecule has 27 heavy (non-hydrogen) atoms. The van der Waals surface area contributed by atoms with Crippen molar-refractivity contribution < 1.29 is 19.5 Å². The average Bonchev–Trinajstić information content (AvgIpc) is 2.67. The highest BCUT2D eigenvalue weighted by Gasteiger charge is 2.24. The summed E-state index contributed by atoms with van der Waals surface area (Å²) in [5.74, 6) is 1.68. The van der Waals surface area contributed by atoms with Crippen molar-refractivity contribution in [2.75, 3.05) is 27.2 Å². The third-order valence-corrected chi connectivity index (χ3v) is 4.74. The van der Waals surface area contributed by atoms with E-state index in [0.29, 0.717) is 18.8 Å². The van der Waals surface area contributed by atoms with Crippen LogP contribution in [0.25, 0.3) is 0 Å². The van der Waals surface area contributed by atoms with E-state index >= 15 is 0 Å². The lowest BCUT2D eigenvalue weighted by Gasteiger charge is -2.23. The predicted octanol–water partition coefficient (Wildman–Crippen LogP) is 3.03. The van der Waals surface area contributed by atoms with Gasteiger partial charge in [0.2, 0.25) is 5.91 Å². The SMILES string of the molecule is CN(C)CCOc1cccc(Oc2ccc3c(c2)CC(C(=O)NO)CC3)c1. The Hall–Kier alpha value is -2.57. The number of hydrogen-bond acceptors (Lipinski definition) is 5. The zero-order chi connectivity index (χ0) is 19.2. The van der Waals surface area contributed by atoms with Gasteiger partial charge < -0.3 is 14.4 Å². The summed E-state index contributed by atoms with van der Waals surface area (Å²) < 4.78 is 11.7. The van der Waals surface area contributed by atoms with Crippen molar-refractivity contribution in [2.24, 2.45) is 5.92 Å². The maximum Gasteiger partial charge on any atom is 0.246 e. The van der Waals surface area contributed by atoms with E-state index in [1.165, 1.54) is 5.56 Å². The fraction of sp³-hybridized carbons (Fsp3) is 0.381. The second-order valence-electron chi connectivity index (χ2n) is 7.07. The van der Waals surface area contributed by atoms with Crippen molar-refractivity contribution >= 4 is 5.91 Å². The van der Waals surface area contributed by atoms with E-state index in [0.717, 1.165) is 36.4 Å². The van der Waals surface area contributed by atoms with Gasteiger partial charge in [-0.15, -0.1) is 0 Å². The molecule has 1 amide bonds. The predicted molar refractivity (Wildman–Crippen MR) is 102 cm³/mol. The molecule has 0 heterocycles. The number of carbonyl (C=O) groups excluding carboxylic acids is 1. The van der Waals surface area contributed by atoms with Gasteiger partial charge in [0.05, 0.1) is 0 Å². The molecular weight excluding hydrogens is 344 g/mol. The number of nitrogens with zero attached hydrogens (tertiary/aromatic N) is 1. The number of aryl methyl sites for hydroxylation is 1. The second kappa shape index (κ2) is 8.88. The van der Waals surface area contributed by atoms with Crippen LogP contribution in [0.1, 0.15) is 17.5 Å². The van der Waals surface area contributed by atoms with E-state index < -0.39 is 0 Å². The van der Waals surface area contributed by atoms with Crippen LogP contribution in [0.2, 0.25) is 0 Å². The summed E-state index contributed by atoms with van der Waals surface area (Å²) >= 11 is 0. The minimum atomic E-state index is -0.324. The Morgan fingerprint density at radius 2 is 1.93 bits per heavy atom. The van der Waals surface area contributed by atoms with Crippen LogP contribution in [0, 0.1) is 5.92 Å². The van der Waals surface area contributed by atoms with Gasteiger partial charge in [0.25, 0.3) is 0 Å². The molecule has 1 aliphatic carbocycles. The number of likely N-dealkylation sites (N-methyl/N-ethyl adjacent to an activating group) is 1. The number of benzene rings is 2. The molecule has 2 aromatic carbocycles. The lowest BCUT2D eigenvalue weighted by atomic mass is 9.83. The Morgan fingerprint density at radius 1 is 1.15 bits per heavy atom. The minimum absolute atomic E-state index is 0.203. The lowest BCUT2D eigenvalue weighted by molar-refractivity contribution is -0.133. The molecular formula is C21H26N2O4. The first-order valence-corrected chi connectivity index (χ1v) is 9.16. The molecule has 144 valence electrons. The van der Waals surface area contributed by atoms with E-state index in [1.54, 1.807) is 5.48 Å². The number of ether oxygens (including phenoxy) is 2. The molecule has 0 bridgehead atoms. The summed E-state index contributed by atoms with van der Waals surface area (Å²) in [5, 5.41) is 8.86. The monoisotopic (exact) mass is 370 g/mol. The summed E-state index contributed by atoms with van der Waals surface area (Å²) in [7, 11) is 4.02. The molecule has 0 saturated carbocycles. The van der Waals surface area contributed by atoms with Crippen molar-refractivity contribution in [1.82, 2.24) is 10.4 Å². The van der Waals surface area contributed by atoms with Gasteiger partial charge in [0.15, 0.2) is 0 Å². The number of rotatable bonds is 7. The molecule has 2 aromatic rings. The van der Waals surface area contributed by atoms with E-state index in [1.807, 2.05) is 50.5 Å². The molecule has 2 N–H and O–H groups in total. The fourth-order valence-corrected chi connectivity index (χ4v) is 3.22. The van der Waals surface area contributed by atoms with Gasteiger partial charge in [-0.3, -0.25) is 10.0 Å². The molecule has 3 rings (SSSR count). The van der Waals surface area contributed by atoms with Crippen molar-refractivity contribution in [3.8, 4) is 17.2 Å². The third-order valence-electron chi connectivity index (χ3n) is 4.74. The van der Waals surface area contributed by atoms with Gasteiger partial charge in [-0.05, 0) is 68.8 Å². The Labute approximate surface area is 159 Å². The van der Waals surface area contributed by atoms with Crippen LogP contribution >= 0.6 is 0 Å². The van der Waals surface area contributed by atoms with Gasteiger partial charge in [-0.2, -0.15) is 0 Å². The van der Waals surface area contributed by atoms with Crippen LogP contribution in [0.4, 0.5) is 0 Å². The molecule has 1 aliphatic rings. The largest absolute Gasteiger partial charge is 0.492 e. The third kappa shape index (κ3) is 5.21. The molecule has 0 aromatic heterocycles. The maximum absolute atomic E-state index is 11.7. The highest BCUT2D eigenvalue weighted by Crippen LogP contribution is 2.31. The van der Waals surface area contributed by atoms with E-state index in [4.69, 9.17) is 14.7 Å². The van der Waals surface area contributed by atoms with E-state index in [2.05, 4.69) is 11.0 Å². The molecule has 0 fully saturated rings. The minimum Gasteiger partial charge on any atom is -0.492 e. The van der Waals surface area contributed by atoms with Crippen molar-refractivity contribution in [1.29, 1.82) is 0 Å². The summed E-state index contributed by atoms with van der Waals surface area (Å²) in [6.45, 7) is 1.46. The van der Waals surface area contributed by atoms with E-state index in [9.17, 15) is 4.79 Å². The molecule has 0 radical (unpaired) electrons. The number of hydroxylamine groups is 1. The highest BCUT2D eigenvalue weighted by atomic mass is 16.5. The first kappa shape index (κ1) is 19.2. The standard InChI is InChI=1S/C21H26N2O4/c1-23(2)10-11-26-18-4-3-5-19(14-18)27-20-9-8-15-6-7-16(21(24)22-25)12-17(15)13-20/h3-5,8-9,13-14,16,25H,6-7,10-12H2,1-2H3,(H,22,24). The average molecular weight is 370 g/mol. The van der Waals surface area contributed by atoms with Crippen LogP contribution in [0.3, 0.4) is 0 Å². The molecule has 1 atom stereocenters. The number of fused-ring (bicyclic) bond motifs is 1. The summed E-state index contributed by atoms with van der Waals surface area (Å²) in [4.78, 5) is 13.8. The Balaban J connectivity index is 1.67. The summed E-state index contributed by atoms with van der Waals surface area (Å²) in [6, 6.07) is 13.6. The zero-order valence-corrected chi connectivity index (χ0v) is 15.8. The summed E-state index contributed by atoms with van der Waals surface area (Å²) in [5.41, 5.74) is 4.08. The topological polar surface area (TPSA) is 71.0 Å². The zero-order valence-electron chi connectivity index (χ0n) is 15.8. The van der Waals surface area contributed by atoms with Crippen LogP contribution in [0.15, 0.2) is 42.5 Å². The highest BCUT2D eigenvalue weighted by molar-refractivity contribution is 5.78. The Kier molecular flexibility index (Phi) is 6.32. The molecule has 6 nitrogen and oxygen atoms in total. The van der Waals surface area contributed by atoms with Gasteiger partial charge in [0, 0.05) is 18.5 Å². The van der Waals surface area contributed by atoms with Gasteiger partial charge >= 0.3 is 0 Å². The number of amides is 1. The van der Waals surface area contributed by atoms with Crippen molar-refractivity contribution in [2.45, 2.75) is 19.3 Å². The quantitative estimate of drug-likeness (QED) is 0.579. The van der Waals surface area contributed by atoms with Crippen LogP contribution in [-0.2, 0) is 17.6 Å². The van der Waals surface area contributed by atoms with Gasteiger partial charge in [0.1, 0.15) is 23.9 Å². The molecule has 0 aliphatic heterocycles. The van der Waals surface area contributed by atoms with Gasteiger partial charge in [-0.1, -0.05) is 12.1 Å². The van der Waals surface area contributed by atoms with Gasteiger partial charge in [-0.25, -0.2) is 5.48 Å². The molecule has 1 unspecified atom stereocenters. The fourth-order valence-electron chi connectivity index (χ4n) is 3.22. The van der Waals surface area contributed by atoms with Crippen LogP contribution < -0.4 is 15.0 Å².